The predicted octanol–water partition coefficient (Wildman–Crippen LogP) is 1.87. The normalized spacial score (nSPS) is 21.6. The topological polar surface area (TPSA) is 75.6 Å². The zero-order valence-corrected chi connectivity index (χ0v) is 11.0. The Hall–Kier alpha value is -2.32. The van der Waals surface area contributed by atoms with Crippen LogP contribution in [0, 0.1) is 17.6 Å². The van der Waals surface area contributed by atoms with Crippen molar-refractivity contribution in [1.29, 1.82) is 0 Å². The average Bonchev–Trinajstić information content (AvgIpc) is 2.36. The number of benzene rings is 1. The number of hydrogen-bond donors (Lipinski definition) is 2. The number of alkyl halides is 2. The number of rotatable bonds is 4. The molecule has 2 rings (SSSR count). The van der Waals surface area contributed by atoms with Crippen molar-refractivity contribution in [1.82, 2.24) is 5.32 Å². The highest BCUT2D eigenvalue weighted by Crippen LogP contribution is 2.36. The third kappa shape index (κ3) is 3.29. The van der Waals surface area contributed by atoms with E-state index in [-0.39, 0.29) is 6.54 Å². The Morgan fingerprint density at radius 3 is 2.41 bits per heavy atom. The molecule has 5 nitrogen and oxygen atoms in total. The van der Waals surface area contributed by atoms with E-state index in [4.69, 9.17) is 5.11 Å². The van der Waals surface area contributed by atoms with E-state index in [1.807, 2.05) is 0 Å². The molecule has 2 N–H and O–H groups in total. The zero-order valence-electron chi connectivity index (χ0n) is 11.0. The minimum atomic E-state index is -3.25. The minimum absolute atomic E-state index is 0.271. The van der Waals surface area contributed by atoms with Crippen molar-refractivity contribution in [3.8, 4) is 5.75 Å². The number of hydrogen-bond acceptors (Lipinski definition) is 3. The summed E-state index contributed by atoms with van der Waals surface area (Å²) in [6.07, 6.45) is -0.417. The van der Waals surface area contributed by atoms with Gasteiger partial charge in [0.25, 0.3) is 0 Å². The highest BCUT2D eigenvalue weighted by molar-refractivity contribution is 5.82. The Morgan fingerprint density at radius 1 is 1.32 bits per heavy atom. The van der Waals surface area contributed by atoms with Crippen molar-refractivity contribution in [2.24, 2.45) is 5.92 Å². The van der Waals surface area contributed by atoms with Gasteiger partial charge in [-0.3, -0.25) is 9.59 Å². The SMILES string of the molecule is O=C1CC(c2c(F)cc(OC(F)F)cc2F)C(C(=O)O)CN1. The van der Waals surface area contributed by atoms with E-state index < -0.39 is 59.7 Å². The van der Waals surface area contributed by atoms with Crippen molar-refractivity contribution < 1.29 is 37.0 Å². The molecular weight excluding hydrogens is 310 g/mol. The Balaban J connectivity index is 2.41. The second kappa shape index (κ2) is 6.20. The number of amides is 1. The fourth-order valence-corrected chi connectivity index (χ4v) is 2.43. The van der Waals surface area contributed by atoms with Crippen LogP contribution in [0.25, 0.3) is 0 Å². The maximum absolute atomic E-state index is 14.0. The minimum Gasteiger partial charge on any atom is -0.481 e. The lowest BCUT2D eigenvalue weighted by Crippen LogP contribution is -2.43. The number of carboxylic acid groups (broad SMARTS) is 1. The summed E-state index contributed by atoms with van der Waals surface area (Å²) in [6.45, 7) is -3.52. The van der Waals surface area contributed by atoms with Crippen LogP contribution in [0.3, 0.4) is 0 Å². The van der Waals surface area contributed by atoms with Crippen molar-refractivity contribution in [2.45, 2.75) is 19.0 Å². The molecule has 9 heteroatoms. The van der Waals surface area contributed by atoms with E-state index >= 15 is 0 Å². The first kappa shape index (κ1) is 16.1. The molecule has 120 valence electrons. The molecule has 1 aromatic rings. The summed E-state index contributed by atoms with van der Waals surface area (Å²) in [4.78, 5) is 22.5. The Morgan fingerprint density at radius 2 is 1.91 bits per heavy atom. The van der Waals surface area contributed by atoms with Gasteiger partial charge in [-0.05, 0) is 0 Å². The fourth-order valence-electron chi connectivity index (χ4n) is 2.43. The lowest BCUT2D eigenvalue weighted by Gasteiger charge is -2.29. The molecule has 0 bridgehead atoms. The van der Waals surface area contributed by atoms with Gasteiger partial charge in [0.1, 0.15) is 17.4 Å². The average molecular weight is 321 g/mol. The van der Waals surface area contributed by atoms with Crippen LogP contribution in [-0.2, 0) is 9.59 Å². The van der Waals surface area contributed by atoms with Crippen LogP contribution in [0.5, 0.6) is 5.75 Å². The number of piperidine rings is 1. The molecule has 1 aliphatic rings. The summed E-state index contributed by atoms with van der Waals surface area (Å²) in [5.41, 5.74) is -0.621. The Bertz CT molecular complexity index is 585. The van der Waals surface area contributed by atoms with Gasteiger partial charge >= 0.3 is 12.6 Å². The first-order valence-electron chi connectivity index (χ1n) is 6.23. The molecule has 0 aromatic heterocycles. The fraction of sp³-hybridized carbons (Fsp3) is 0.385. The second-order valence-corrected chi connectivity index (χ2v) is 4.74. The summed E-state index contributed by atoms with van der Waals surface area (Å²) in [5.74, 6) is -7.51. The number of aliphatic carboxylic acids is 1. The van der Waals surface area contributed by atoms with Crippen LogP contribution in [0.1, 0.15) is 17.9 Å². The number of carboxylic acids is 1. The molecule has 0 radical (unpaired) electrons. The zero-order chi connectivity index (χ0) is 16.4. The van der Waals surface area contributed by atoms with Crippen LogP contribution < -0.4 is 10.1 Å². The van der Waals surface area contributed by atoms with Crippen LogP contribution >= 0.6 is 0 Å². The maximum Gasteiger partial charge on any atom is 0.387 e. The first-order chi connectivity index (χ1) is 10.3. The third-order valence-corrected chi connectivity index (χ3v) is 3.38. The Kier molecular flexibility index (Phi) is 4.53. The Labute approximate surface area is 121 Å². The van der Waals surface area contributed by atoms with Gasteiger partial charge in [-0.2, -0.15) is 8.78 Å². The van der Waals surface area contributed by atoms with E-state index in [9.17, 15) is 27.2 Å². The molecule has 1 aliphatic heterocycles. The first-order valence-corrected chi connectivity index (χ1v) is 6.23. The smallest absolute Gasteiger partial charge is 0.387 e. The largest absolute Gasteiger partial charge is 0.481 e. The van der Waals surface area contributed by atoms with Crippen molar-refractivity contribution in [3.63, 3.8) is 0 Å². The van der Waals surface area contributed by atoms with Crippen LogP contribution in [0.2, 0.25) is 0 Å². The van der Waals surface area contributed by atoms with Crippen LogP contribution in [0.4, 0.5) is 17.6 Å². The molecule has 1 amide bonds. The number of halogens is 4. The van der Waals surface area contributed by atoms with Crippen molar-refractivity contribution in [2.75, 3.05) is 6.54 Å². The van der Waals surface area contributed by atoms with Crippen molar-refractivity contribution >= 4 is 11.9 Å². The lowest BCUT2D eigenvalue weighted by atomic mass is 9.80. The summed E-state index contributed by atoms with van der Waals surface area (Å²) in [5, 5.41) is 11.4. The molecule has 0 saturated carbocycles. The number of carbonyl (C=O) groups excluding carboxylic acids is 1. The summed E-state index contributed by atoms with van der Waals surface area (Å²) >= 11 is 0. The van der Waals surface area contributed by atoms with Gasteiger partial charge in [-0.1, -0.05) is 0 Å². The molecule has 2 unspecified atom stereocenters. The van der Waals surface area contributed by atoms with Gasteiger partial charge in [-0.25, -0.2) is 8.78 Å². The monoisotopic (exact) mass is 321 g/mol. The number of carbonyl (C=O) groups is 2. The maximum atomic E-state index is 14.0. The molecule has 1 fully saturated rings. The second-order valence-electron chi connectivity index (χ2n) is 4.74. The molecule has 2 atom stereocenters. The highest BCUT2D eigenvalue weighted by Gasteiger charge is 2.38. The van der Waals surface area contributed by atoms with Gasteiger partial charge in [0.2, 0.25) is 5.91 Å². The molecule has 1 aromatic carbocycles. The molecule has 22 heavy (non-hydrogen) atoms. The van der Waals surface area contributed by atoms with Gasteiger partial charge in [-0.15, -0.1) is 0 Å². The molecule has 0 spiro atoms. The van der Waals surface area contributed by atoms with E-state index in [0.29, 0.717) is 12.1 Å². The lowest BCUT2D eigenvalue weighted by molar-refractivity contribution is -0.144. The van der Waals surface area contributed by atoms with E-state index in [2.05, 4.69) is 10.1 Å². The van der Waals surface area contributed by atoms with Gasteiger partial charge < -0.3 is 15.2 Å². The predicted molar refractivity (Wildman–Crippen MR) is 64.5 cm³/mol. The molecular formula is C13H11F4NO4. The molecule has 0 aliphatic carbocycles. The van der Waals surface area contributed by atoms with Crippen molar-refractivity contribution in [3.05, 3.63) is 29.3 Å². The van der Waals surface area contributed by atoms with E-state index in [1.165, 1.54) is 0 Å². The number of ether oxygens (including phenoxy) is 1. The molecule has 1 saturated heterocycles. The van der Waals surface area contributed by atoms with Gasteiger partial charge in [0, 0.05) is 36.6 Å². The summed E-state index contributed by atoms with van der Waals surface area (Å²) in [6, 6.07) is 1.08. The quantitative estimate of drug-likeness (QED) is 0.830. The highest BCUT2D eigenvalue weighted by atomic mass is 19.3. The van der Waals surface area contributed by atoms with Crippen LogP contribution in [0.15, 0.2) is 12.1 Å². The van der Waals surface area contributed by atoms with Crippen LogP contribution in [-0.4, -0.2) is 30.1 Å². The standard InChI is InChI=1S/C13H11F4NO4/c14-8-1-5(22-13(16)17)2-9(15)11(8)6-3-10(19)18-4-7(6)12(20)21/h1-2,6-7,13H,3-4H2,(H,18,19)(H,20,21). The summed E-state index contributed by atoms with van der Waals surface area (Å²) < 4.78 is 56.1. The van der Waals surface area contributed by atoms with E-state index in [1.54, 1.807) is 0 Å². The van der Waals surface area contributed by atoms with Gasteiger partial charge in [0.15, 0.2) is 0 Å². The number of nitrogens with one attached hydrogen (secondary N) is 1. The summed E-state index contributed by atoms with van der Waals surface area (Å²) in [7, 11) is 0. The molecule has 1 heterocycles. The van der Waals surface area contributed by atoms with E-state index in [0.717, 1.165) is 0 Å². The van der Waals surface area contributed by atoms with Gasteiger partial charge in [0.05, 0.1) is 5.92 Å². The third-order valence-electron chi connectivity index (χ3n) is 3.38.